The highest BCUT2D eigenvalue weighted by Crippen LogP contribution is 2.27. The highest BCUT2D eigenvalue weighted by atomic mass is 35.5. The standard InChI is InChI=1S/C28H28Cl2F4N4O6/c1-36-24(40)21(13-16-4-5-17(29)14-19(16)30)38-11-10-37(20(25(38)41)8-9-23(35)39)26(42)22(44-27(43)28(32,33)34)12-15-2-6-18(31)7-3-15/h2-7,14,20-22H,8-13H2,1H3,(H2,35,39)(H,36,40). The summed E-state index contributed by atoms with van der Waals surface area (Å²) >= 11 is 12.3. The summed E-state index contributed by atoms with van der Waals surface area (Å²) in [6.07, 6.45) is -8.87. The number of primary amides is 1. The van der Waals surface area contributed by atoms with Gasteiger partial charge in [0.1, 0.15) is 17.9 Å². The minimum Gasteiger partial charge on any atom is -0.445 e. The number of benzene rings is 2. The molecule has 44 heavy (non-hydrogen) atoms. The summed E-state index contributed by atoms with van der Waals surface area (Å²) in [4.78, 5) is 66.0. The summed E-state index contributed by atoms with van der Waals surface area (Å²) in [5.74, 6) is -6.66. The SMILES string of the molecule is CNC(=O)C(Cc1ccc(Cl)cc1Cl)N1CCN(C(=O)C(Cc2ccc(F)cc2)OC(=O)C(F)(F)F)C(CCC(N)=O)C1=O. The van der Waals surface area contributed by atoms with Gasteiger partial charge < -0.3 is 25.6 Å². The number of carbonyl (C=O) groups excluding carboxylic acids is 5. The highest BCUT2D eigenvalue weighted by molar-refractivity contribution is 6.35. The molecule has 3 unspecified atom stereocenters. The zero-order valence-electron chi connectivity index (χ0n) is 23.2. The molecule has 1 aliphatic rings. The van der Waals surface area contributed by atoms with Crippen molar-refractivity contribution in [1.29, 1.82) is 0 Å². The Hall–Kier alpha value is -3.91. The Balaban J connectivity index is 1.96. The average Bonchev–Trinajstić information content (AvgIpc) is 2.95. The molecule has 0 aromatic heterocycles. The third kappa shape index (κ3) is 8.82. The molecule has 16 heteroatoms. The van der Waals surface area contributed by atoms with Crippen LogP contribution in [0.5, 0.6) is 0 Å². The van der Waals surface area contributed by atoms with Crippen molar-refractivity contribution in [2.24, 2.45) is 5.73 Å². The molecular formula is C28H28Cl2F4N4O6. The van der Waals surface area contributed by atoms with Gasteiger partial charge in [-0.05, 0) is 41.8 Å². The number of nitrogens with one attached hydrogen (secondary N) is 1. The van der Waals surface area contributed by atoms with Crippen LogP contribution in [0.2, 0.25) is 10.0 Å². The Kier molecular flexibility index (Phi) is 11.6. The van der Waals surface area contributed by atoms with Gasteiger partial charge in [0.05, 0.1) is 0 Å². The second-order valence-electron chi connectivity index (χ2n) is 9.88. The van der Waals surface area contributed by atoms with Crippen LogP contribution in [-0.2, 0) is 41.6 Å². The lowest BCUT2D eigenvalue weighted by molar-refractivity contribution is -0.206. The Morgan fingerprint density at radius 1 is 1.07 bits per heavy atom. The molecule has 0 saturated carbocycles. The molecule has 0 aliphatic carbocycles. The maximum absolute atomic E-state index is 13.9. The molecule has 4 amide bonds. The van der Waals surface area contributed by atoms with Crippen molar-refractivity contribution in [2.75, 3.05) is 20.1 Å². The topological polar surface area (TPSA) is 139 Å². The van der Waals surface area contributed by atoms with E-state index in [1.807, 2.05) is 0 Å². The monoisotopic (exact) mass is 662 g/mol. The van der Waals surface area contributed by atoms with Crippen molar-refractivity contribution < 1.29 is 46.3 Å². The number of nitrogens with two attached hydrogens (primary N) is 1. The van der Waals surface area contributed by atoms with Crippen LogP contribution in [-0.4, -0.2) is 83.9 Å². The number of amides is 4. The van der Waals surface area contributed by atoms with E-state index in [1.165, 1.54) is 30.1 Å². The molecule has 1 heterocycles. The second-order valence-corrected chi connectivity index (χ2v) is 10.7. The molecule has 3 N–H and O–H groups in total. The Morgan fingerprint density at radius 2 is 1.73 bits per heavy atom. The third-order valence-electron chi connectivity index (χ3n) is 6.92. The molecule has 0 bridgehead atoms. The summed E-state index contributed by atoms with van der Waals surface area (Å²) in [5, 5.41) is 3.04. The van der Waals surface area contributed by atoms with Gasteiger partial charge in [-0.15, -0.1) is 0 Å². The van der Waals surface area contributed by atoms with Crippen LogP contribution in [0, 0.1) is 5.82 Å². The maximum Gasteiger partial charge on any atom is 0.490 e. The van der Waals surface area contributed by atoms with Crippen LogP contribution in [0.25, 0.3) is 0 Å². The van der Waals surface area contributed by atoms with Gasteiger partial charge in [0.15, 0.2) is 6.10 Å². The van der Waals surface area contributed by atoms with E-state index in [2.05, 4.69) is 10.1 Å². The van der Waals surface area contributed by atoms with E-state index in [9.17, 15) is 41.5 Å². The normalized spacial score (nSPS) is 16.7. The van der Waals surface area contributed by atoms with E-state index >= 15 is 0 Å². The fraction of sp³-hybridized carbons (Fsp3) is 0.393. The van der Waals surface area contributed by atoms with Crippen LogP contribution < -0.4 is 11.1 Å². The largest absolute Gasteiger partial charge is 0.490 e. The van der Waals surface area contributed by atoms with Crippen molar-refractivity contribution in [2.45, 2.75) is 50.0 Å². The number of carbonyl (C=O) groups is 5. The lowest BCUT2D eigenvalue weighted by Crippen LogP contribution is -2.65. The maximum atomic E-state index is 13.9. The van der Waals surface area contributed by atoms with E-state index in [0.717, 1.165) is 17.0 Å². The van der Waals surface area contributed by atoms with Crippen LogP contribution in [0.15, 0.2) is 42.5 Å². The molecule has 2 aromatic carbocycles. The zero-order chi connectivity index (χ0) is 32.8. The van der Waals surface area contributed by atoms with Gasteiger partial charge in [0, 0.05) is 49.4 Å². The fourth-order valence-electron chi connectivity index (χ4n) is 4.74. The molecule has 2 aromatic rings. The Bertz CT molecular complexity index is 1410. The number of piperazine rings is 1. The summed E-state index contributed by atoms with van der Waals surface area (Å²) in [6, 6.07) is 6.37. The zero-order valence-corrected chi connectivity index (χ0v) is 24.7. The van der Waals surface area contributed by atoms with Crippen LogP contribution in [0.3, 0.4) is 0 Å². The number of esters is 1. The van der Waals surface area contributed by atoms with Crippen LogP contribution in [0.4, 0.5) is 17.6 Å². The first-order valence-corrected chi connectivity index (χ1v) is 13.9. The molecule has 238 valence electrons. The number of nitrogens with zero attached hydrogens (tertiary/aromatic N) is 2. The van der Waals surface area contributed by atoms with Crippen LogP contribution >= 0.6 is 23.2 Å². The van der Waals surface area contributed by atoms with E-state index in [1.54, 1.807) is 12.1 Å². The fourth-order valence-corrected chi connectivity index (χ4v) is 5.22. The van der Waals surface area contributed by atoms with E-state index in [-0.39, 0.29) is 36.5 Å². The number of hydrogen-bond acceptors (Lipinski definition) is 6. The number of ether oxygens (including phenoxy) is 1. The minimum absolute atomic E-state index is 0.0612. The lowest BCUT2D eigenvalue weighted by atomic mass is 9.97. The van der Waals surface area contributed by atoms with Gasteiger partial charge in [-0.3, -0.25) is 19.2 Å². The van der Waals surface area contributed by atoms with E-state index in [0.29, 0.717) is 10.6 Å². The van der Waals surface area contributed by atoms with Crippen molar-refractivity contribution in [3.63, 3.8) is 0 Å². The molecule has 3 rings (SSSR count). The summed E-state index contributed by atoms with van der Waals surface area (Å²) in [5.41, 5.74) is 5.92. The minimum atomic E-state index is -5.44. The second kappa shape index (κ2) is 14.7. The van der Waals surface area contributed by atoms with Gasteiger partial charge in [-0.1, -0.05) is 41.4 Å². The van der Waals surface area contributed by atoms with Crippen molar-refractivity contribution in [1.82, 2.24) is 15.1 Å². The van der Waals surface area contributed by atoms with Crippen molar-refractivity contribution in [3.05, 3.63) is 69.5 Å². The Morgan fingerprint density at radius 3 is 2.30 bits per heavy atom. The third-order valence-corrected chi connectivity index (χ3v) is 7.50. The van der Waals surface area contributed by atoms with Crippen molar-refractivity contribution >= 4 is 52.8 Å². The van der Waals surface area contributed by atoms with E-state index in [4.69, 9.17) is 28.9 Å². The van der Waals surface area contributed by atoms with Gasteiger partial charge in [0.2, 0.25) is 17.7 Å². The first kappa shape index (κ1) is 34.6. The number of likely N-dealkylation sites (N-methyl/N-ethyl adjacent to an activating group) is 1. The lowest BCUT2D eigenvalue weighted by Gasteiger charge is -2.44. The summed E-state index contributed by atoms with van der Waals surface area (Å²) < 4.78 is 57.3. The molecule has 1 fully saturated rings. The predicted octanol–water partition coefficient (Wildman–Crippen LogP) is 2.81. The number of alkyl halides is 3. The van der Waals surface area contributed by atoms with Crippen molar-refractivity contribution in [3.8, 4) is 0 Å². The smallest absolute Gasteiger partial charge is 0.445 e. The molecule has 10 nitrogen and oxygen atoms in total. The Labute approximate surface area is 259 Å². The molecule has 1 saturated heterocycles. The molecule has 0 radical (unpaired) electrons. The predicted molar refractivity (Wildman–Crippen MR) is 150 cm³/mol. The molecule has 3 atom stereocenters. The van der Waals surface area contributed by atoms with Crippen LogP contribution in [0.1, 0.15) is 24.0 Å². The quantitative estimate of drug-likeness (QED) is 0.280. The molecule has 0 spiro atoms. The first-order valence-electron chi connectivity index (χ1n) is 13.2. The number of halogens is 6. The first-order chi connectivity index (χ1) is 20.6. The van der Waals surface area contributed by atoms with Gasteiger partial charge in [0.25, 0.3) is 5.91 Å². The van der Waals surface area contributed by atoms with Gasteiger partial charge in [-0.2, -0.15) is 13.2 Å². The molecule has 1 aliphatic heterocycles. The summed E-state index contributed by atoms with van der Waals surface area (Å²) in [6.45, 7) is -0.559. The average molecular weight is 663 g/mol. The number of hydrogen-bond donors (Lipinski definition) is 2. The number of rotatable bonds is 11. The van der Waals surface area contributed by atoms with Gasteiger partial charge in [-0.25, -0.2) is 9.18 Å². The van der Waals surface area contributed by atoms with E-state index < -0.39 is 72.6 Å². The highest BCUT2D eigenvalue weighted by Gasteiger charge is 2.47. The van der Waals surface area contributed by atoms with Gasteiger partial charge >= 0.3 is 12.1 Å². The summed E-state index contributed by atoms with van der Waals surface area (Å²) in [7, 11) is 1.35. The molecular weight excluding hydrogens is 635 g/mol.